The van der Waals surface area contributed by atoms with E-state index in [-0.39, 0.29) is 30.2 Å². The molecule has 2 N–H and O–H groups in total. The van der Waals surface area contributed by atoms with E-state index in [1.54, 1.807) is 19.9 Å². The molecule has 7 heteroatoms. The second kappa shape index (κ2) is 9.58. The Morgan fingerprint density at radius 3 is 2.63 bits per heavy atom. The summed E-state index contributed by atoms with van der Waals surface area (Å²) in [7, 11) is 0. The van der Waals surface area contributed by atoms with Gasteiger partial charge >= 0.3 is 5.97 Å². The van der Waals surface area contributed by atoms with E-state index < -0.39 is 17.9 Å². The van der Waals surface area contributed by atoms with Crippen LogP contribution in [0.5, 0.6) is 0 Å². The molecule has 4 atom stereocenters. The van der Waals surface area contributed by atoms with E-state index in [1.165, 1.54) is 18.8 Å². The minimum Gasteiger partial charge on any atom is -0.459 e. The van der Waals surface area contributed by atoms with Crippen molar-refractivity contribution in [2.75, 3.05) is 6.61 Å². The summed E-state index contributed by atoms with van der Waals surface area (Å²) >= 11 is 0. The lowest BCUT2D eigenvalue weighted by atomic mass is 9.78. The quantitative estimate of drug-likeness (QED) is 0.711. The van der Waals surface area contributed by atoms with Gasteiger partial charge in [-0.1, -0.05) is 40.5 Å². The molecule has 150 valence electrons. The van der Waals surface area contributed by atoms with Crippen molar-refractivity contribution in [2.24, 2.45) is 17.8 Å². The van der Waals surface area contributed by atoms with Gasteiger partial charge < -0.3 is 19.8 Å². The molecule has 1 fully saturated rings. The van der Waals surface area contributed by atoms with Gasteiger partial charge in [0.2, 0.25) is 0 Å². The van der Waals surface area contributed by atoms with E-state index in [9.17, 15) is 14.4 Å². The Bertz CT molecular complexity index is 641. The number of furan rings is 1. The summed E-state index contributed by atoms with van der Waals surface area (Å²) in [6.07, 6.45) is 4.59. The molecular weight excluding hydrogens is 348 g/mol. The van der Waals surface area contributed by atoms with Crippen molar-refractivity contribution in [1.29, 1.82) is 0 Å². The van der Waals surface area contributed by atoms with Gasteiger partial charge in [0.05, 0.1) is 6.26 Å². The van der Waals surface area contributed by atoms with Crippen molar-refractivity contribution in [2.45, 2.75) is 59.0 Å². The number of nitrogens with one attached hydrogen (secondary N) is 2. The lowest BCUT2D eigenvalue weighted by Crippen LogP contribution is -2.48. The van der Waals surface area contributed by atoms with E-state index in [1.807, 2.05) is 0 Å². The van der Waals surface area contributed by atoms with E-state index >= 15 is 0 Å². The molecule has 1 aromatic heterocycles. The minimum absolute atomic E-state index is 0.111. The van der Waals surface area contributed by atoms with Crippen LogP contribution in [-0.4, -0.2) is 36.5 Å². The van der Waals surface area contributed by atoms with Crippen LogP contribution in [0.1, 0.15) is 57.5 Å². The van der Waals surface area contributed by atoms with Gasteiger partial charge in [-0.25, -0.2) is 4.79 Å². The molecule has 0 aliphatic heterocycles. The topological polar surface area (TPSA) is 97.6 Å². The molecule has 1 saturated carbocycles. The highest BCUT2D eigenvalue weighted by atomic mass is 16.5. The first-order chi connectivity index (χ1) is 12.8. The van der Waals surface area contributed by atoms with Crippen molar-refractivity contribution in [3.8, 4) is 0 Å². The number of hydrogen-bond acceptors (Lipinski definition) is 5. The van der Waals surface area contributed by atoms with Crippen LogP contribution >= 0.6 is 0 Å². The van der Waals surface area contributed by atoms with Crippen molar-refractivity contribution in [3.63, 3.8) is 0 Å². The van der Waals surface area contributed by atoms with E-state index in [4.69, 9.17) is 9.15 Å². The Morgan fingerprint density at radius 2 is 2.00 bits per heavy atom. The number of hydrogen-bond donors (Lipinski definition) is 2. The highest BCUT2D eigenvalue weighted by molar-refractivity contribution is 5.94. The zero-order chi connectivity index (χ0) is 20.0. The van der Waals surface area contributed by atoms with Crippen LogP contribution in [0, 0.1) is 17.8 Å². The van der Waals surface area contributed by atoms with Crippen LogP contribution in [0.4, 0.5) is 0 Å². The van der Waals surface area contributed by atoms with E-state index in [0.717, 1.165) is 12.8 Å². The summed E-state index contributed by atoms with van der Waals surface area (Å²) in [5.41, 5.74) is 0. The zero-order valence-electron chi connectivity index (χ0n) is 16.5. The summed E-state index contributed by atoms with van der Waals surface area (Å²) < 4.78 is 10.2. The van der Waals surface area contributed by atoms with Crippen molar-refractivity contribution >= 4 is 17.8 Å². The summed E-state index contributed by atoms with van der Waals surface area (Å²) in [6.45, 7) is 7.56. The molecular formula is C20H30N2O5. The largest absolute Gasteiger partial charge is 0.459 e. The van der Waals surface area contributed by atoms with Crippen molar-refractivity contribution < 1.29 is 23.5 Å². The highest BCUT2D eigenvalue weighted by Gasteiger charge is 2.30. The minimum atomic E-state index is -0.857. The Kier molecular flexibility index (Phi) is 7.45. The number of carbonyl (C=O) groups is 3. The summed E-state index contributed by atoms with van der Waals surface area (Å²) in [5.74, 6) is -0.558. The van der Waals surface area contributed by atoms with Gasteiger partial charge in [-0.05, 0) is 36.3 Å². The van der Waals surface area contributed by atoms with Crippen LogP contribution in [0.2, 0.25) is 0 Å². The smallest absolute Gasteiger partial charge is 0.329 e. The second-order valence-electron chi connectivity index (χ2n) is 7.72. The molecule has 0 bridgehead atoms. The third-order valence-electron chi connectivity index (χ3n) is 5.35. The molecule has 0 saturated heterocycles. The predicted molar refractivity (Wildman–Crippen MR) is 99.9 cm³/mol. The maximum Gasteiger partial charge on any atom is 0.329 e. The maximum atomic E-state index is 12.4. The zero-order valence-corrected chi connectivity index (χ0v) is 16.5. The van der Waals surface area contributed by atoms with Gasteiger partial charge in [0.25, 0.3) is 11.8 Å². The van der Waals surface area contributed by atoms with E-state index in [0.29, 0.717) is 11.8 Å². The van der Waals surface area contributed by atoms with Gasteiger partial charge in [0.15, 0.2) is 12.4 Å². The molecule has 0 spiro atoms. The number of rotatable bonds is 7. The van der Waals surface area contributed by atoms with Crippen LogP contribution in [0.15, 0.2) is 22.8 Å². The molecule has 1 heterocycles. The summed E-state index contributed by atoms with van der Waals surface area (Å²) in [6, 6.07) is 2.36. The standard InChI is InChI=1S/C20H30N2O5/c1-12(2)18(22-19(24)16-9-6-10-26-16)20(25)27-11-17(23)21-15-8-5-7-13(3)14(15)4/h6,9-10,12-15,18H,5,7-8,11H2,1-4H3,(H,21,23)(H,22,24). The Balaban J connectivity index is 1.84. The Morgan fingerprint density at radius 1 is 1.26 bits per heavy atom. The second-order valence-corrected chi connectivity index (χ2v) is 7.72. The molecule has 2 rings (SSSR count). The Labute approximate surface area is 160 Å². The third kappa shape index (κ3) is 5.84. The number of esters is 1. The van der Waals surface area contributed by atoms with Crippen molar-refractivity contribution in [3.05, 3.63) is 24.2 Å². The fourth-order valence-electron chi connectivity index (χ4n) is 3.38. The number of carbonyl (C=O) groups excluding carboxylic acids is 3. The van der Waals surface area contributed by atoms with Gasteiger partial charge in [-0.2, -0.15) is 0 Å². The van der Waals surface area contributed by atoms with Gasteiger partial charge in [-0.15, -0.1) is 0 Å². The predicted octanol–water partition coefficient (Wildman–Crippen LogP) is 2.52. The van der Waals surface area contributed by atoms with Gasteiger partial charge in [0.1, 0.15) is 6.04 Å². The first kappa shape index (κ1) is 21.0. The normalized spacial score (nSPS) is 23.5. The monoisotopic (exact) mass is 378 g/mol. The number of ether oxygens (including phenoxy) is 1. The molecule has 1 aliphatic carbocycles. The molecule has 0 radical (unpaired) electrons. The summed E-state index contributed by atoms with van der Waals surface area (Å²) in [5, 5.41) is 5.56. The molecule has 2 amide bonds. The van der Waals surface area contributed by atoms with Crippen LogP contribution in [0.25, 0.3) is 0 Å². The van der Waals surface area contributed by atoms with Gasteiger partial charge in [-0.3, -0.25) is 9.59 Å². The molecule has 1 aliphatic rings. The average molecular weight is 378 g/mol. The fourth-order valence-corrected chi connectivity index (χ4v) is 3.38. The lowest BCUT2D eigenvalue weighted by molar-refractivity contribution is -0.151. The first-order valence-corrected chi connectivity index (χ1v) is 9.60. The first-order valence-electron chi connectivity index (χ1n) is 9.60. The fraction of sp³-hybridized carbons (Fsp3) is 0.650. The lowest BCUT2D eigenvalue weighted by Gasteiger charge is -2.34. The maximum absolute atomic E-state index is 12.4. The molecule has 1 aromatic rings. The van der Waals surface area contributed by atoms with Gasteiger partial charge in [0, 0.05) is 6.04 Å². The Hall–Kier alpha value is -2.31. The molecule has 4 unspecified atom stereocenters. The van der Waals surface area contributed by atoms with Crippen LogP contribution < -0.4 is 10.6 Å². The van der Waals surface area contributed by atoms with Crippen LogP contribution in [-0.2, 0) is 14.3 Å². The van der Waals surface area contributed by atoms with E-state index in [2.05, 4.69) is 24.5 Å². The summed E-state index contributed by atoms with van der Waals surface area (Å²) in [4.78, 5) is 36.6. The molecule has 0 aromatic carbocycles. The third-order valence-corrected chi connectivity index (χ3v) is 5.35. The number of amides is 2. The molecule has 27 heavy (non-hydrogen) atoms. The highest BCUT2D eigenvalue weighted by Crippen LogP contribution is 2.29. The molecule has 7 nitrogen and oxygen atoms in total. The van der Waals surface area contributed by atoms with Crippen molar-refractivity contribution in [1.82, 2.24) is 10.6 Å². The van der Waals surface area contributed by atoms with Crippen LogP contribution in [0.3, 0.4) is 0 Å². The average Bonchev–Trinajstić information content (AvgIpc) is 3.16. The SMILES string of the molecule is CC(C)C(NC(=O)c1ccco1)C(=O)OCC(=O)NC1CCCC(C)C1C.